The third kappa shape index (κ3) is 6.47. The van der Waals surface area contributed by atoms with Crippen molar-refractivity contribution in [2.24, 2.45) is 0 Å². The van der Waals surface area contributed by atoms with Gasteiger partial charge in [-0.1, -0.05) is 112 Å². The second-order valence-corrected chi connectivity index (χ2v) is 15.5. The van der Waals surface area contributed by atoms with E-state index >= 15 is 0 Å². The molecule has 0 saturated carbocycles. The Balaban J connectivity index is 1.78. The molecular weight excluding hydrogens is 444 g/mol. The first-order valence-electron chi connectivity index (χ1n) is 12.0. The van der Waals surface area contributed by atoms with Crippen LogP contribution in [-0.4, -0.2) is 38.0 Å². The standard InChI is InChI=1S/C28H38O3SSi/c1-6-32-27(29)21-24-20-22(2)19-23(31-24)17-18-30-33(28(3,4)5,25-13-9-7-10-14-25)26-15-11-8-12-16-26/h7-16,23-24H,2,6,17-21H2,1,3-5H3/t23-,24+/m1/s1. The molecule has 3 rings (SSSR count). The number of hydrogen-bond acceptors (Lipinski definition) is 4. The zero-order chi connectivity index (χ0) is 23.9. The SMILES string of the molecule is C=C1C[C@@H](CCO[Si](c2ccccc2)(c2ccccc2)C(C)(C)C)O[C@H](CC(=O)SCC)C1. The lowest BCUT2D eigenvalue weighted by molar-refractivity contribution is -0.116. The molecule has 2 aromatic rings. The Morgan fingerprint density at radius 2 is 1.58 bits per heavy atom. The first-order chi connectivity index (χ1) is 15.8. The highest BCUT2D eigenvalue weighted by Crippen LogP contribution is 2.37. The molecule has 0 bridgehead atoms. The lowest BCUT2D eigenvalue weighted by Gasteiger charge is -2.43. The molecule has 1 aliphatic rings. The van der Waals surface area contributed by atoms with Gasteiger partial charge >= 0.3 is 0 Å². The summed E-state index contributed by atoms with van der Waals surface area (Å²) >= 11 is 1.38. The van der Waals surface area contributed by atoms with E-state index in [2.05, 4.69) is 88.0 Å². The van der Waals surface area contributed by atoms with Crippen molar-refractivity contribution < 1.29 is 14.0 Å². The van der Waals surface area contributed by atoms with Gasteiger partial charge in [0.1, 0.15) is 0 Å². The highest BCUT2D eigenvalue weighted by atomic mass is 32.2. The van der Waals surface area contributed by atoms with Crippen molar-refractivity contribution in [2.45, 2.75) is 70.6 Å². The molecule has 3 nitrogen and oxygen atoms in total. The van der Waals surface area contributed by atoms with E-state index in [1.54, 1.807) is 0 Å². The third-order valence-corrected chi connectivity index (χ3v) is 12.1. The lowest BCUT2D eigenvalue weighted by atomic mass is 9.96. The minimum atomic E-state index is -2.54. The smallest absolute Gasteiger partial charge is 0.261 e. The van der Waals surface area contributed by atoms with Crippen LogP contribution < -0.4 is 10.4 Å². The molecule has 0 aliphatic carbocycles. The number of benzene rings is 2. The van der Waals surface area contributed by atoms with E-state index in [1.165, 1.54) is 27.7 Å². The van der Waals surface area contributed by atoms with E-state index in [-0.39, 0.29) is 22.4 Å². The highest BCUT2D eigenvalue weighted by Gasteiger charge is 2.50. The monoisotopic (exact) mass is 482 g/mol. The van der Waals surface area contributed by atoms with Gasteiger partial charge in [-0.25, -0.2) is 0 Å². The summed E-state index contributed by atoms with van der Waals surface area (Å²) in [4.78, 5) is 12.1. The van der Waals surface area contributed by atoms with Gasteiger partial charge in [0, 0.05) is 13.0 Å². The second kappa shape index (κ2) is 11.7. The molecular formula is C28H38O3SSi. The Hall–Kier alpha value is -1.66. The fraction of sp³-hybridized carbons (Fsp3) is 0.464. The largest absolute Gasteiger partial charge is 0.407 e. The highest BCUT2D eigenvalue weighted by molar-refractivity contribution is 8.13. The number of ether oxygens (including phenoxy) is 1. The summed E-state index contributed by atoms with van der Waals surface area (Å²) < 4.78 is 13.3. The van der Waals surface area contributed by atoms with Gasteiger partial charge in [-0.2, -0.15) is 0 Å². The van der Waals surface area contributed by atoms with Crippen LogP contribution in [0.25, 0.3) is 0 Å². The summed E-state index contributed by atoms with van der Waals surface area (Å²) in [5.41, 5.74) is 1.18. The number of hydrogen-bond donors (Lipinski definition) is 0. The predicted molar refractivity (Wildman–Crippen MR) is 143 cm³/mol. The Morgan fingerprint density at radius 3 is 2.09 bits per heavy atom. The number of rotatable bonds is 9. The minimum Gasteiger partial charge on any atom is -0.407 e. The fourth-order valence-electron chi connectivity index (χ4n) is 4.90. The molecule has 0 amide bonds. The molecule has 1 aliphatic heterocycles. The van der Waals surface area contributed by atoms with Crippen molar-refractivity contribution >= 4 is 35.6 Å². The van der Waals surface area contributed by atoms with Gasteiger partial charge in [0.25, 0.3) is 8.32 Å². The minimum absolute atomic E-state index is 0.0426. The number of thioether (sulfide) groups is 1. The van der Waals surface area contributed by atoms with Crippen molar-refractivity contribution in [3.8, 4) is 0 Å². The molecule has 2 aromatic carbocycles. The molecule has 0 unspecified atom stereocenters. The summed E-state index contributed by atoms with van der Waals surface area (Å²) in [7, 11) is -2.54. The van der Waals surface area contributed by atoms with Crippen molar-refractivity contribution in [1.82, 2.24) is 0 Å². The van der Waals surface area contributed by atoms with Gasteiger partial charge in [-0.3, -0.25) is 4.79 Å². The zero-order valence-corrected chi connectivity index (χ0v) is 22.3. The van der Waals surface area contributed by atoms with E-state index in [9.17, 15) is 4.79 Å². The van der Waals surface area contributed by atoms with Gasteiger partial charge in [0.15, 0.2) is 5.12 Å². The third-order valence-electron chi connectivity index (χ3n) is 6.29. The summed E-state index contributed by atoms with van der Waals surface area (Å²) in [5.74, 6) is 0.808. The number of carbonyl (C=O) groups is 1. The van der Waals surface area contributed by atoms with E-state index in [0.717, 1.165) is 25.0 Å². The quantitative estimate of drug-likeness (QED) is 0.338. The van der Waals surface area contributed by atoms with Crippen LogP contribution in [0.2, 0.25) is 5.04 Å². The topological polar surface area (TPSA) is 35.5 Å². The van der Waals surface area contributed by atoms with Crippen LogP contribution in [0, 0.1) is 0 Å². The molecule has 1 heterocycles. The summed E-state index contributed by atoms with van der Waals surface area (Å²) in [5, 5.41) is 2.74. The molecule has 1 fully saturated rings. The molecule has 1 saturated heterocycles. The van der Waals surface area contributed by atoms with Crippen molar-refractivity contribution in [3.05, 3.63) is 72.8 Å². The molecule has 0 N–H and O–H groups in total. The second-order valence-electron chi connectivity index (χ2n) is 9.85. The first-order valence-corrected chi connectivity index (χ1v) is 14.9. The van der Waals surface area contributed by atoms with E-state index in [4.69, 9.17) is 9.16 Å². The van der Waals surface area contributed by atoms with Crippen LogP contribution >= 0.6 is 11.8 Å². The predicted octanol–water partition coefficient (Wildman–Crippen LogP) is 5.73. The molecule has 0 spiro atoms. The van der Waals surface area contributed by atoms with Gasteiger partial charge in [-0.15, -0.1) is 0 Å². The van der Waals surface area contributed by atoms with Gasteiger partial charge in [0.2, 0.25) is 0 Å². The van der Waals surface area contributed by atoms with Crippen LogP contribution in [0.5, 0.6) is 0 Å². The van der Waals surface area contributed by atoms with E-state index in [0.29, 0.717) is 13.0 Å². The molecule has 33 heavy (non-hydrogen) atoms. The van der Waals surface area contributed by atoms with Crippen LogP contribution in [0.3, 0.4) is 0 Å². The van der Waals surface area contributed by atoms with Crippen LogP contribution in [0.4, 0.5) is 0 Å². The van der Waals surface area contributed by atoms with E-state index < -0.39 is 8.32 Å². The molecule has 0 aromatic heterocycles. The summed E-state index contributed by atoms with van der Waals surface area (Å²) in [6.07, 6.45) is 2.88. The zero-order valence-electron chi connectivity index (χ0n) is 20.5. The van der Waals surface area contributed by atoms with Crippen molar-refractivity contribution in [1.29, 1.82) is 0 Å². The van der Waals surface area contributed by atoms with Gasteiger partial charge < -0.3 is 9.16 Å². The Morgan fingerprint density at radius 1 is 1.03 bits per heavy atom. The molecule has 0 radical (unpaired) electrons. The maximum Gasteiger partial charge on any atom is 0.261 e. The fourth-order valence-corrected chi connectivity index (χ4v) is 10.1. The average molecular weight is 483 g/mol. The average Bonchev–Trinajstić information content (AvgIpc) is 2.77. The first kappa shape index (κ1) is 26.0. The van der Waals surface area contributed by atoms with Crippen LogP contribution in [0.15, 0.2) is 72.8 Å². The Kier molecular flexibility index (Phi) is 9.16. The Bertz CT molecular complexity index is 868. The summed E-state index contributed by atoms with van der Waals surface area (Å²) in [6.45, 7) is 13.7. The van der Waals surface area contributed by atoms with Crippen LogP contribution in [-0.2, 0) is 14.0 Å². The molecule has 5 heteroatoms. The Labute approximate surface area is 205 Å². The lowest BCUT2D eigenvalue weighted by Crippen LogP contribution is -2.66. The summed E-state index contributed by atoms with van der Waals surface area (Å²) in [6, 6.07) is 21.4. The maximum atomic E-state index is 12.1. The maximum absolute atomic E-state index is 12.1. The van der Waals surface area contributed by atoms with Gasteiger partial charge in [0.05, 0.1) is 12.2 Å². The van der Waals surface area contributed by atoms with Crippen LogP contribution in [0.1, 0.15) is 53.4 Å². The van der Waals surface area contributed by atoms with Crippen molar-refractivity contribution in [3.63, 3.8) is 0 Å². The molecule has 178 valence electrons. The number of carbonyl (C=O) groups excluding carboxylic acids is 1. The van der Waals surface area contributed by atoms with Gasteiger partial charge in [-0.05, 0) is 40.4 Å². The van der Waals surface area contributed by atoms with E-state index in [1.807, 2.05) is 6.92 Å². The van der Waals surface area contributed by atoms with Crippen molar-refractivity contribution in [2.75, 3.05) is 12.4 Å². The normalized spacial score (nSPS) is 19.5. The molecule has 2 atom stereocenters.